The van der Waals surface area contributed by atoms with Crippen LogP contribution in [0, 0.1) is 0 Å². The van der Waals surface area contributed by atoms with Crippen molar-refractivity contribution in [1.29, 1.82) is 0 Å². The molecule has 0 spiro atoms. The Hall–Kier alpha value is -5.25. The summed E-state index contributed by atoms with van der Waals surface area (Å²) in [6.45, 7) is 0.271. The monoisotopic (exact) mass is 493 g/mol. The topological polar surface area (TPSA) is 150 Å². The molecule has 0 radical (unpaired) electrons. The van der Waals surface area contributed by atoms with E-state index in [0.717, 1.165) is 6.07 Å². The Balaban J connectivity index is 1.32. The summed E-state index contributed by atoms with van der Waals surface area (Å²) in [5.41, 5.74) is 3.31. The third-order valence-electron chi connectivity index (χ3n) is 6.30. The van der Waals surface area contributed by atoms with Gasteiger partial charge in [-0.05, 0) is 47.4 Å². The summed E-state index contributed by atoms with van der Waals surface area (Å²) in [5.74, 6) is -1.23. The number of hydrogen-bond donors (Lipinski definition) is 4. The Bertz CT molecular complexity index is 1730. The van der Waals surface area contributed by atoms with Crippen LogP contribution in [0.3, 0.4) is 0 Å². The highest BCUT2D eigenvalue weighted by atomic mass is 16.3. The molecule has 182 valence electrons. The van der Waals surface area contributed by atoms with Gasteiger partial charge in [-0.3, -0.25) is 9.59 Å². The van der Waals surface area contributed by atoms with E-state index in [4.69, 9.17) is 0 Å². The van der Waals surface area contributed by atoms with Crippen molar-refractivity contribution >= 4 is 28.7 Å². The number of hydrogen-bond acceptors (Lipinski definition) is 8. The standard InChI is InChI=1S/C27H19N5O5/c33-18-9-17-8-16-6-14(7-19(34)21(16)24(36)22(17)20(35)10-18)11-32-13-30-23-25(28-12-29-26(23)32)31-27(37)15-4-2-1-3-5-15/h1-7,9-10,12-13,33-35H,8,11H2,(H,28,29,31,37). The van der Waals surface area contributed by atoms with Crippen molar-refractivity contribution in [2.45, 2.75) is 13.0 Å². The quantitative estimate of drug-likeness (QED) is 0.292. The van der Waals surface area contributed by atoms with E-state index < -0.39 is 5.78 Å². The number of ketones is 1. The number of aromatic hydroxyl groups is 3. The number of rotatable bonds is 4. The lowest BCUT2D eigenvalue weighted by Gasteiger charge is -2.21. The van der Waals surface area contributed by atoms with Gasteiger partial charge in [0, 0.05) is 11.6 Å². The smallest absolute Gasteiger partial charge is 0.256 e. The molecule has 0 fully saturated rings. The van der Waals surface area contributed by atoms with Gasteiger partial charge in [0.15, 0.2) is 17.0 Å². The number of benzene rings is 3. The van der Waals surface area contributed by atoms with Crippen molar-refractivity contribution in [2.75, 3.05) is 5.32 Å². The SMILES string of the molecule is O=C(Nc1ncnc2c1ncn2Cc1cc(O)c2c(c1)Cc1cc(O)cc(O)c1C2=O)c1ccccc1. The van der Waals surface area contributed by atoms with Crippen molar-refractivity contribution in [3.05, 3.63) is 101 Å². The van der Waals surface area contributed by atoms with Gasteiger partial charge in [0.05, 0.1) is 24.0 Å². The second-order valence-electron chi connectivity index (χ2n) is 8.74. The molecule has 1 amide bonds. The molecule has 6 rings (SSSR count). The highest BCUT2D eigenvalue weighted by Gasteiger charge is 2.30. The Morgan fingerprint density at radius 3 is 2.43 bits per heavy atom. The fourth-order valence-corrected chi connectivity index (χ4v) is 4.70. The van der Waals surface area contributed by atoms with Crippen LogP contribution in [0.1, 0.15) is 43.0 Å². The normalized spacial score (nSPS) is 12.3. The summed E-state index contributed by atoms with van der Waals surface area (Å²) in [6.07, 6.45) is 3.15. The Labute approximate surface area is 209 Å². The number of nitrogens with zero attached hydrogens (tertiary/aromatic N) is 4. The number of imidazole rings is 1. The first kappa shape index (κ1) is 22.2. The van der Waals surface area contributed by atoms with Crippen LogP contribution >= 0.6 is 0 Å². The van der Waals surface area contributed by atoms with Crippen LogP contribution in [0.2, 0.25) is 0 Å². The Morgan fingerprint density at radius 2 is 1.65 bits per heavy atom. The molecule has 0 atom stereocenters. The van der Waals surface area contributed by atoms with Gasteiger partial charge in [-0.15, -0.1) is 0 Å². The first-order valence-corrected chi connectivity index (χ1v) is 11.4. The second-order valence-corrected chi connectivity index (χ2v) is 8.74. The van der Waals surface area contributed by atoms with Crippen molar-refractivity contribution in [2.24, 2.45) is 0 Å². The molecule has 0 aliphatic heterocycles. The number of amides is 1. The fourth-order valence-electron chi connectivity index (χ4n) is 4.70. The van der Waals surface area contributed by atoms with Crippen LogP contribution < -0.4 is 5.32 Å². The van der Waals surface area contributed by atoms with E-state index in [1.54, 1.807) is 41.2 Å². The van der Waals surface area contributed by atoms with Crippen LogP contribution in [-0.2, 0) is 13.0 Å². The van der Waals surface area contributed by atoms with Crippen LogP contribution in [0.25, 0.3) is 11.2 Å². The molecule has 5 aromatic rings. The maximum atomic E-state index is 13.0. The molecular formula is C27H19N5O5. The number of carbonyl (C=O) groups is 2. The van der Waals surface area contributed by atoms with Crippen LogP contribution in [-0.4, -0.2) is 46.5 Å². The molecule has 2 heterocycles. The lowest BCUT2D eigenvalue weighted by Crippen LogP contribution is -2.16. The predicted octanol–water partition coefficient (Wildman–Crippen LogP) is 3.38. The van der Waals surface area contributed by atoms with Gasteiger partial charge >= 0.3 is 0 Å². The van der Waals surface area contributed by atoms with Crippen LogP contribution in [0.15, 0.2) is 67.3 Å². The Morgan fingerprint density at radius 1 is 0.919 bits per heavy atom. The second kappa shape index (κ2) is 8.45. The molecule has 0 saturated heterocycles. The van der Waals surface area contributed by atoms with Crippen LogP contribution in [0.4, 0.5) is 5.82 Å². The first-order valence-electron chi connectivity index (χ1n) is 11.4. The van der Waals surface area contributed by atoms with E-state index in [-0.39, 0.29) is 53.1 Å². The number of fused-ring (bicyclic) bond motifs is 3. The van der Waals surface area contributed by atoms with Gasteiger partial charge in [-0.1, -0.05) is 24.3 Å². The lowest BCUT2D eigenvalue weighted by molar-refractivity contribution is 0.101. The minimum absolute atomic E-state index is 0.0794. The number of anilines is 1. The van der Waals surface area contributed by atoms with Crippen molar-refractivity contribution < 1.29 is 24.9 Å². The summed E-state index contributed by atoms with van der Waals surface area (Å²) in [4.78, 5) is 38.5. The molecule has 37 heavy (non-hydrogen) atoms. The number of nitrogens with one attached hydrogen (secondary N) is 1. The number of phenols is 3. The van der Waals surface area contributed by atoms with Gasteiger partial charge in [-0.2, -0.15) is 0 Å². The van der Waals surface area contributed by atoms with Gasteiger partial charge in [0.1, 0.15) is 23.6 Å². The van der Waals surface area contributed by atoms with E-state index in [1.165, 1.54) is 18.5 Å². The molecule has 3 aromatic carbocycles. The van der Waals surface area contributed by atoms with E-state index in [9.17, 15) is 24.9 Å². The van der Waals surface area contributed by atoms with Crippen molar-refractivity contribution in [1.82, 2.24) is 19.5 Å². The van der Waals surface area contributed by atoms with E-state index in [0.29, 0.717) is 33.4 Å². The van der Waals surface area contributed by atoms with E-state index >= 15 is 0 Å². The third kappa shape index (κ3) is 3.80. The van der Waals surface area contributed by atoms with Gasteiger partial charge in [0.2, 0.25) is 5.78 Å². The van der Waals surface area contributed by atoms with Crippen LogP contribution in [0.5, 0.6) is 17.2 Å². The van der Waals surface area contributed by atoms with Gasteiger partial charge in [-0.25, -0.2) is 15.0 Å². The zero-order valence-electron chi connectivity index (χ0n) is 19.2. The van der Waals surface area contributed by atoms with Gasteiger partial charge < -0.3 is 25.2 Å². The summed E-state index contributed by atoms with van der Waals surface area (Å²) in [7, 11) is 0. The minimum atomic E-state index is -0.502. The molecule has 2 aromatic heterocycles. The zero-order chi connectivity index (χ0) is 25.7. The third-order valence-corrected chi connectivity index (χ3v) is 6.30. The number of carbonyl (C=O) groups excluding carboxylic acids is 2. The average molecular weight is 493 g/mol. The zero-order valence-corrected chi connectivity index (χ0v) is 19.2. The number of phenolic OH excluding ortho intramolecular Hbond substituents is 3. The summed E-state index contributed by atoms with van der Waals surface area (Å²) < 4.78 is 1.74. The average Bonchev–Trinajstić information content (AvgIpc) is 3.27. The molecule has 4 N–H and O–H groups in total. The highest BCUT2D eigenvalue weighted by molar-refractivity contribution is 6.15. The minimum Gasteiger partial charge on any atom is -0.508 e. The number of aromatic nitrogens is 4. The van der Waals surface area contributed by atoms with Crippen molar-refractivity contribution in [3.63, 3.8) is 0 Å². The summed E-state index contributed by atoms with van der Waals surface area (Å²) >= 11 is 0. The molecule has 0 bridgehead atoms. The summed E-state index contributed by atoms with van der Waals surface area (Å²) in [6, 6.07) is 14.6. The maximum Gasteiger partial charge on any atom is 0.256 e. The molecule has 10 heteroatoms. The first-order chi connectivity index (χ1) is 17.9. The van der Waals surface area contributed by atoms with E-state index in [2.05, 4.69) is 20.3 Å². The molecular weight excluding hydrogens is 474 g/mol. The summed E-state index contributed by atoms with van der Waals surface area (Å²) in [5, 5.41) is 33.5. The van der Waals surface area contributed by atoms with Crippen molar-refractivity contribution in [3.8, 4) is 17.2 Å². The fraction of sp³-hybridized carbons (Fsp3) is 0.0741. The molecule has 0 unspecified atom stereocenters. The predicted molar refractivity (Wildman–Crippen MR) is 133 cm³/mol. The maximum absolute atomic E-state index is 13.0. The Kier molecular flexibility index (Phi) is 5.08. The van der Waals surface area contributed by atoms with E-state index in [1.807, 2.05) is 6.07 Å². The molecule has 0 saturated carbocycles. The largest absolute Gasteiger partial charge is 0.508 e. The highest BCUT2D eigenvalue weighted by Crippen LogP contribution is 2.39. The molecule has 1 aliphatic carbocycles. The van der Waals surface area contributed by atoms with Gasteiger partial charge in [0.25, 0.3) is 5.91 Å². The lowest BCUT2D eigenvalue weighted by atomic mass is 9.83. The molecule has 1 aliphatic rings. The molecule has 10 nitrogen and oxygen atoms in total.